The molecule has 1 aliphatic heterocycles. The third kappa shape index (κ3) is 4.21. The van der Waals surface area contributed by atoms with Gasteiger partial charge in [0.15, 0.2) is 17.5 Å². The maximum atomic E-state index is 13.6. The van der Waals surface area contributed by atoms with Crippen LogP contribution in [0.3, 0.4) is 0 Å². The molecule has 0 unspecified atom stereocenters. The van der Waals surface area contributed by atoms with Gasteiger partial charge in [-0.05, 0) is 24.3 Å². The summed E-state index contributed by atoms with van der Waals surface area (Å²) in [5.74, 6) is -5.24. The number of hydrogen-bond donors (Lipinski definition) is 2. The average Bonchev–Trinajstić information content (AvgIpc) is 2.61. The first kappa shape index (κ1) is 19.0. The van der Waals surface area contributed by atoms with Gasteiger partial charge in [-0.3, -0.25) is 4.79 Å². The molecule has 1 aliphatic rings. The smallest absolute Gasteiger partial charge is 0.259 e. The van der Waals surface area contributed by atoms with Gasteiger partial charge >= 0.3 is 0 Å². The number of rotatable bonds is 3. The molecule has 1 amide bonds. The second kappa shape index (κ2) is 8.17. The number of benzene rings is 1. The normalized spacial score (nSPS) is 14.0. The molecule has 1 aromatic carbocycles. The summed E-state index contributed by atoms with van der Waals surface area (Å²) in [5.41, 5.74) is 0.329. The van der Waals surface area contributed by atoms with Gasteiger partial charge in [0, 0.05) is 26.2 Å². The van der Waals surface area contributed by atoms with E-state index in [9.17, 15) is 18.0 Å². The summed E-state index contributed by atoms with van der Waals surface area (Å²) in [6.45, 7) is 3.47. The molecule has 1 fully saturated rings. The summed E-state index contributed by atoms with van der Waals surface area (Å²) in [6, 6.07) is 4.95. The zero-order valence-corrected chi connectivity index (χ0v) is 13.9. The van der Waals surface area contributed by atoms with Crippen molar-refractivity contribution >= 4 is 29.8 Å². The Balaban J connectivity index is 0.00000225. The minimum absolute atomic E-state index is 0. The molecule has 2 aromatic rings. The number of carbonyl (C=O) groups excluding carboxylic acids is 1. The summed E-state index contributed by atoms with van der Waals surface area (Å²) < 4.78 is 39.7. The predicted molar refractivity (Wildman–Crippen MR) is 90.8 cm³/mol. The summed E-state index contributed by atoms with van der Waals surface area (Å²) in [5, 5.41) is 5.61. The number of halogens is 4. The zero-order chi connectivity index (χ0) is 17.1. The van der Waals surface area contributed by atoms with Crippen LogP contribution in [0.25, 0.3) is 0 Å². The summed E-state index contributed by atoms with van der Waals surface area (Å²) in [7, 11) is 0. The van der Waals surface area contributed by atoms with Gasteiger partial charge in [-0.1, -0.05) is 0 Å². The Hall–Kier alpha value is -2.32. The van der Waals surface area contributed by atoms with Crippen molar-refractivity contribution in [1.82, 2.24) is 10.3 Å². The number of pyridine rings is 1. The van der Waals surface area contributed by atoms with Crippen molar-refractivity contribution in [3.8, 4) is 0 Å². The van der Waals surface area contributed by atoms with Gasteiger partial charge in [0.25, 0.3) is 5.91 Å². The van der Waals surface area contributed by atoms with E-state index >= 15 is 0 Å². The van der Waals surface area contributed by atoms with E-state index in [1.54, 1.807) is 18.3 Å². The Labute approximate surface area is 148 Å². The zero-order valence-electron chi connectivity index (χ0n) is 13.1. The Bertz CT molecular complexity index is 752. The molecule has 0 aliphatic carbocycles. The van der Waals surface area contributed by atoms with Crippen LogP contribution in [0.15, 0.2) is 30.5 Å². The van der Waals surface area contributed by atoms with Crippen LogP contribution in [-0.4, -0.2) is 37.1 Å². The lowest BCUT2D eigenvalue weighted by atomic mass is 10.2. The molecule has 0 saturated carbocycles. The highest BCUT2D eigenvalue weighted by Gasteiger charge is 2.19. The van der Waals surface area contributed by atoms with E-state index in [0.29, 0.717) is 6.07 Å². The Kier molecular flexibility index (Phi) is 6.22. The lowest BCUT2D eigenvalue weighted by Gasteiger charge is -2.29. The standard InChI is InChI=1S/C16H15F3N4O.ClH/c17-12-3-2-11(14(18)15(12)19)16(24)22-13-4-1-10(9-21-13)23-7-5-20-6-8-23;/h1-4,9,20H,5-8H2,(H,21,22,24);1H. The molecule has 134 valence electrons. The highest BCUT2D eigenvalue weighted by Crippen LogP contribution is 2.18. The Morgan fingerprint density at radius 3 is 2.44 bits per heavy atom. The number of amides is 1. The highest BCUT2D eigenvalue weighted by atomic mass is 35.5. The molecule has 0 atom stereocenters. The quantitative estimate of drug-likeness (QED) is 0.813. The molecular formula is C16H16ClF3N4O. The predicted octanol–water partition coefficient (Wildman–Crippen LogP) is 2.58. The minimum atomic E-state index is -1.68. The van der Waals surface area contributed by atoms with Gasteiger partial charge in [-0.2, -0.15) is 0 Å². The van der Waals surface area contributed by atoms with Gasteiger partial charge < -0.3 is 15.5 Å². The molecule has 0 radical (unpaired) electrons. The molecule has 2 N–H and O–H groups in total. The van der Waals surface area contributed by atoms with Gasteiger partial charge in [-0.25, -0.2) is 18.2 Å². The van der Waals surface area contributed by atoms with E-state index in [0.717, 1.165) is 37.9 Å². The number of carbonyl (C=O) groups is 1. The van der Waals surface area contributed by atoms with Crippen molar-refractivity contribution in [2.75, 3.05) is 36.4 Å². The van der Waals surface area contributed by atoms with Crippen LogP contribution < -0.4 is 15.5 Å². The van der Waals surface area contributed by atoms with Gasteiger partial charge in [-0.15, -0.1) is 12.4 Å². The third-order valence-corrected chi connectivity index (χ3v) is 3.75. The van der Waals surface area contributed by atoms with Crippen molar-refractivity contribution < 1.29 is 18.0 Å². The summed E-state index contributed by atoms with van der Waals surface area (Å²) >= 11 is 0. The van der Waals surface area contributed by atoms with E-state index in [1.165, 1.54) is 0 Å². The fourth-order valence-electron chi connectivity index (χ4n) is 2.46. The van der Waals surface area contributed by atoms with E-state index in [1.807, 2.05) is 0 Å². The van der Waals surface area contributed by atoms with Gasteiger partial charge in [0.05, 0.1) is 17.4 Å². The topological polar surface area (TPSA) is 57.3 Å². The largest absolute Gasteiger partial charge is 0.368 e. The fourth-order valence-corrected chi connectivity index (χ4v) is 2.46. The minimum Gasteiger partial charge on any atom is -0.368 e. The van der Waals surface area contributed by atoms with E-state index < -0.39 is 28.9 Å². The molecule has 1 saturated heterocycles. The molecule has 9 heteroatoms. The SMILES string of the molecule is Cl.O=C(Nc1ccc(N2CCNCC2)cn1)c1ccc(F)c(F)c1F. The highest BCUT2D eigenvalue weighted by molar-refractivity contribution is 6.04. The number of hydrogen-bond acceptors (Lipinski definition) is 4. The van der Waals surface area contributed by atoms with E-state index in [-0.39, 0.29) is 18.2 Å². The summed E-state index contributed by atoms with van der Waals surface area (Å²) in [4.78, 5) is 18.2. The molecule has 2 heterocycles. The van der Waals surface area contributed by atoms with Crippen LogP contribution in [-0.2, 0) is 0 Å². The van der Waals surface area contributed by atoms with Crippen LogP contribution in [0.5, 0.6) is 0 Å². The molecule has 5 nitrogen and oxygen atoms in total. The monoisotopic (exact) mass is 372 g/mol. The number of anilines is 2. The summed E-state index contributed by atoms with van der Waals surface area (Å²) in [6.07, 6.45) is 1.60. The Morgan fingerprint density at radius 1 is 1.08 bits per heavy atom. The van der Waals surface area contributed by atoms with Crippen molar-refractivity contribution in [3.63, 3.8) is 0 Å². The molecular weight excluding hydrogens is 357 g/mol. The van der Waals surface area contributed by atoms with Crippen LogP contribution in [0, 0.1) is 17.5 Å². The van der Waals surface area contributed by atoms with Crippen LogP contribution in [0.1, 0.15) is 10.4 Å². The van der Waals surface area contributed by atoms with E-state index in [2.05, 4.69) is 20.5 Å². The van der Waals surface area contributed by atoms with Crippen molar-refractivity contribution in [2.24, 2.45) is 0 Å². The Morgan fingerprint density at radius 2 is 1.80 bits per heavy atom. The first-order valence-electron chi connectivity index (χ1n) is 7.43. The number of aromatic nitrogens is 1. The van der Waals surface area contributed by atoms with Crippen LogP contribution in [0.4, 0.5) is 24.7 Å². The number of nitrogens with zero attached hydrogens (tertiary/aromatic N) is 2. The van der Waals surface area contributed by atoms with Gasteiger partial charge in [0.2, 0.25) is 0 Å². The number of piperazine rings is 1. The lowest BCUT2D eigenvalue weighted by Crippen LogP contribution is -2.43. The molecule has 0 spiro atoms. The van der Waals surface area contributed by atoms with Crippen LogP contribution >= 0.6 is 12.4 Å². The van der Waals surface area contributed by atoms with E-state index in [4.69, 9.17) is 0 Å². The molecule has 1 aromatic heterocycles. The molecule has 3 rings (SSSR count). The maximum absolute atomic E-state index is 13.6. The molecule has 25 heavy (non-hydrogen) atoms. The second-order valence-corrected chi connectivity index (χ2v) is 5.32. The lowest BCUT2D eigenvalue weighted by molar-refractivity contribution is 0.102. The van der Waals surface area contributed by atoms with Crippen molar-refractivity contribution in [1.29, 1.82) is 0 Å². The second-order valence-electron chi connectivity index (χ2n) is 5.32. The number of nitrogens with one attached hydrogen (secondary N) is 2. The average molecular weight is 373 g/mol. The first-order valence-corrected chi connectivity index (χ1v) is 7.43. The van der Waals surface area contributed by atoms with Crippen molar-refractivity contribution in [3.05, 3.63) is 53.5 Å². The van der Waals surface area contributed by atoms with Crippen LogP contribution in [0.2, 0.25) is 0 Å². The molecule has 0 bridgehead atoms. The fraction of sp³-hybridized carbons (Fsp3) is 0.250. The third-order valence-electron chi connectivity index (χ3n) is 3.75. The van der Waals surface area contributed by atoms with Gasteiger partial charge in [0.1, 0.15) is 5.82 Å². The maximum Gasteiger partial charge on any atom is 0.259 e. The van der Waals surface area contributed by atoms with Crippen molar-refractivity contribution in [2.45, 2.75) is 0 Å². The first-order chi connectivity index (χ1) is 11.6.